The van der Waals surface area contributed by atoms with Crippen molar-refractivity contribution in [3.05, 3.63) is 12.7 Å². The van der Waals surface area contributed by atoms with E-state index in [1.54, 1.807) is 0 Å². The lowest BCUT2D eigenvalue weighted by Crippen LogP contribution is -2.47. The molecule has 1 unspecified atom stereocenters. The normalized spacial score (nSPS) is 40.4. The van der Waals surface area contributed by atoms with Crippen LogP contribution in [0.25, 0.3) is 11.2 Å². The summed E-state index contributed by atoms with van der Waals surface area (Å²) in [4.78, 5) is 21.5. The molecule has 0 bridgehead atoms. The topological polar surface area (TPSA) is 155 Å². The van der Waals surface area contributed by atoms with Gasteiger partial charge in [0.1, 0.15) is 29.7 Å². The molecule has 4 heterocycles. The highest BCUT2D eigenvalue weighted by molar-refractivity contribution is 7.47. The summed E-state index contributed by atoms with van der Waals surface area (Å²) in [6.45, 7) is 1.28. The van der Waals surface area contributed by atoms with Gasteiger partial charge in [-0.15, -0.1) is 0 Å². The average molecular weight is 343 g/mol. The van der Waals surface area contributed by atoms with Crippen molar-refractivity contribution in [2.24, 2.45) is 0 Å². The van der Waals surface area contributed by atoms with Crippen molar-refractivity contribution >= 4 is 24.8 Å². The number of phosphoric acid groups is 1. The van der Waals surface area contributed by atoms with E-state index in [0.29, 0.717) is 11.2 Å². The second-order valence-electron chi connectivity index (χ2n) is 5.63. The Hall–Kier alpha value is -1.62. The van der Waals surface area contributed by atoms with Gasteiger partial charge in [-0.2, -0.15) is 0 Å². The maximum absolute atomic E-state index is 11.6. The van der Waals surface area contributed by atoms with Crippen molar-refractivity contribution in [1.29, 1.82) is 0 Å². The van der Waals surface area contributed by atoms with Crippen LogP contribution in [0.1, 0.15) is 13.2 Å². The Balaban J connectivity index is 1.77. The van der Waals surface area contributed by atoms with E-state index >= 15 is 0 Å². The molecule has 2 fully saturated rings. The molecule has 2 aromatic rings. The first kappa shape index (κ1) is 14.9. The molecular weight excluding hydrogens is 329 g/mol. The lowest BCUT2D eigenvalue weighted by Gasteiger charge is -2.33. The number of aromatic nitrogens is 4. The standard InChI is InChI=1S/C11H14N5O6P/c1-11(17)7-5(2-20-23(18,19)22-7)21-10(11)16-4-15-6-8(12)13-3-14-9(6)16/h3-5,7,10,17H,2H2,1H3,(H,18,19)(H2,12,13,14)/t5-,7-,10-,11-/m1/s1. The third-order valence-corrected chi connectivity index (χ3v) is 4.97. The Morgan fingerprint density at radius 1 is 1.48 bits per heavy atom. The van der Waals surface area contributed by atoms with Gasteiger partial charge in [0.2, 0.25) is 0 Å². The summed E-state index contributed by atoms with van der Waals surface area (Å²) in [6.07, 6.45) is -0.00674. The first-order valence-electron chi connectivity index (χ1n) is 6.76. The number of nitrogens with zero attached hydrogens (tertiary/aromatic N) is 4. The molecule has 2 aliphatic heterocycles. The molecule has 5 atom stereocenters. The van der Waals surface area contributed by atoms with E-state index in [1.807, 2.05) is 0 Å². The number of rotatable bonds is 1. The van der Waals surface area contributed by atoms with Crippen molar-refractivity contribution in [1.82, 2.24) is 19.5 Å². The Morgan fingerprint density at radius 3 is 3.04 bits per heavy atom. The number of hydrogen-bond acceptors (Lipinski definition) is 9. The number of imidazole rings is 1. The highest BCUT2D eigenvalue weighted by atomic mass is 31.2. The minimum atomic E-state index is -4.21. The molecule has 4 rings (SSSR count). The van der Waals surface area contributed by atoms with Crippen molar-refractivity contribution in [2.45, 2.75) is 31.0 Å². The third kappa shape index (κ3) is 2.17. The average Bonchev–Trinajstić information content (AvgIpc) is 2.99. The van der Waals surface area contributed by atoms with Crippen LogP contribution in [0.5, 0.6) is 0 Å². The van der Waals surface area contributed by atoms with E-state index in [-0.39, 0.29) is 12.4 Å². The van der Waals surface area contributed by atoms with E-state index < -0.39 is 31.9 Å². The van der Waals surface area contributed by atoms with Gasteiger partial charge in [0.15, 0.2) is 17.7 Å². The first-order chi connectivity index (χ1) is 10.8. The zero-order valence-corrected chi connectivity index (χ0v) is 12.8. The molecule has 0 aliphatic carbocycles. The van der Waals surface area contributed by atoms with Crippen LogP contribution in [0.15, 0.2) is 12.7 Å². The zero-order chi connectivity index (χ0) is 16.4. The highest BCUT2D eigenvalue weighted by Crippen LogP contribution is 2.55. The van der Waals surface area contributed by atoms with Gasteiger partial charge in [-0.3, -0.25) is 13.6 Å². The molecular formula is C11H14N5O6P. The minimum absolute atomic E-state index is 0.172. The second-order valence-corrected chi connectivity index (χ2v) is 7.03. The molecule has 11 nitrogen and oxygen atoms in total. The summed E-state index contributed by atoms with van der Waals surface area (Å²) < 4.78 is 28.6. The second kappa shape index (κ2) is 4.69. The number of ether oxygens (including phenoxy) is 1. The van der Waals surface area contributed by atoms with E-state index in [1.165, 1.54) is 24.1 Å². The van der Waals surface area contributed by atoms with Crippen molar-refractivity contribution < 1.29 is 28.3 Å². The van der Waals surface area contributed by atoms with Gasteiger partial charge >= 0.3 is 7.82 Å². The first-order valence-corrected chi connectivity index (χ1v) is 8.26. The fourth-order valence-corrected chi connectivity index (χ4v) is 3.96. The molecule has 2 aromatic heterocycles. The van der Waals surface area contributed by atoms with Gasteiger partial charge < -0.3 is 20.5 Å². The highest BCUT2D eigenvalue weighted by Gasteiger charge is 2.59. The van der Waals surface area contributed by atoms with Gasteiger partial charge in [-0.05, 0) is 6.92 Å². The zero-order valence-electron chi connectivity index (χ0n) is 11.9. The summed E-state index contributed by atoms with van der Waals surface area (Å²) >= 11 is 0. The van der Waals surface area contributed by atoms with Crippen LogP contribution < -0.4 is 5.73 Å². The SMILES string of the molecule is C[C@@]1(O)[C@@H]2OP(=O)(O)OC[C@H]2O[C@H]1n1cnc2c(N)ncnc21. The van der Waals surface area contributed by atoms with Gasteiger partial charge in [0.25, 0.3) is 0 Å². The molecule has 4 N–H and O–H groups in total. The predicted octanol–water partition coefficient (Wildman–Crippen LogP) is -0.427. The molecule has 2 aliphatic rings. The Bertz CT molecular complexity index is 824. The van der Waals surface area contributed by atoms with Crippen LogP contribution in [0, 0.1) is 0 Å². The van der Waals surface area contributed by atoms with E-state index in [4.69, 9.17) is 19.5 Å². The molecule has 124 valence electrons. The Labute approximate surface area is 129 Å². The van der Waals surface area contributed by atoms with Gasteiger partial charge in [0.05, 0.1) is 12.9 Å². The Morgan fingerprint density at radius 2 is 2.26 bits per heavy atom. The van der Waals surface area contributed by atoms with E-state index in [9.17, 15) is 14.6 Å². The number of anilines is 1. The third-order valence-electron chi connectivity index (χ3n) is 4.01. The van der Waals surface area contributed by atoms with Gasteiger partial charge in [-0.1, -0.05) is 0 Å². The summed E-state index contributed by atoms with van der Waals surface area (Å²) in [6, 6.07) is 0. The maximum atomic E-state index is 11.6. The lowest BCUT2D eigenvalue weighted by atomic mass is 9.96. The molecule has 0 amide bonds. The minimum Gasteiger partial charge on any atom is -0.383 e. The molecule has 0 aromatic carbocycles. The Kier molecular flexibility index (Phi) is 3.05. The van der Waals surface area contributed by atoms with E-state index in [0.717, 1.165) is 0 Å². The number of aliphatic hydroxyl groups is 1. The van der Waals surface area contributed by atoms with Crippen molar-refractivity contribution in [3.63, 3.8) is 0 Å². The quantitative estimate of drug-likeness (QED) is 0.581. The fraction of sp³-hybridized carbons (Fsp3) is 0.545. The van der Waals surface area contributed by atoms with Crippen LogP contribution >= 0.6 is 7.82 Å². The number of phosphoric ester groups is 1. The monoisotopic (exact) mass is 343 g/mol. The smallest absolute Gasteiger partial charge is 0.383 e. The predicted molar refractivity (Wildman–Crippen MR) is 74.9 cm³/mol. The van der Waals surface area contributed by atoms with Crippen LogP contribution in [0.4, 0.5) is 5.82 Å². The van der Waals surface area contributed by atoms with E-state index in [2.05, 4.69) is 15.0 Å². The van der Waals surface area contributed by atoms with Crippen molar-refractivity contribution in [2.75, 3.05) is 12.3 Å². The molecule has 2 saturated heterocycles. The maximum Gasteiger partial charge on any atom is 0.472 e. The number of nitrogen functional groups attached to an aromatic ring is 1. The van der Waals surface area contributed by atoms with Crippen LogP contribution in [-0.4, -0.2) is 53.9 Å². The lowest BCUT2D eigenvalue weighted by molar-refractivity contribution is -0.0900. The van der Waals surface area contributed by atoms with Gasteiger partial charge in [0, 0.05) is 0 Å². The fourth-order valence-electron chi connectivity index (χ4n) is 2.92. The largest absolute Gasteiger partial charge is 0.472 e. The summed E-state index contributed by atoms with van der Waals surface area (Å²) in [5, 5.41) is 10.8. The summed E-state index contributed by atoms with van der Waals surface area (Å²) in [7, 11) is -4.21. The van der Waals surface area contributed by atoms with Crippen LogP contribution in [0.3, 0.4) is 0 Å². The molecule has 0 saturated carbocycles. The van der Waals surface area contributed by atoms with Crippen LogP contribution in [0.2, 0.25) is 0 Å². The molecule has 0 radical (unpaired) electrons. The summed E-state index contributed by atoms with van der Waals surface area (Å²) in [5.41, 5.74) is 4.87. The number of nitrogens with two attached hydrogens (primary N) is 1. The molecule has 0 spiro atoms. The molecule has 23 heavy (non-hydrogen) atoms. The number of hydrogen-bond donors (Lipinski definition) is 3. The van der Waals surface area contributed by atoms with Crippen molar-refractivity contribution in [3.8, 4) is 0 Å². The van der Waals surface area contributed by atoms with Crippen LogP contribution in [-0.2, 0) is 18.3 Å². The number of fused-ring (bicyclic) bond motifs is 2. The van der Waals surface area contributed by atoms with Gasteiger partial charge in [-0.25, -0.2) is 19.5 Å². The summed E-state index contributed by atoms with van der Waals surface area (Å²) in [5.74, 6) is 0.197. The molecule has 12 heteroatoms.